The van der Waals surface area contributed by atoms with E-state index in [0.29, 0.717) is 0 Å². The second-order valence-electron chi connectivity index (χ2n) is 1.42. The van der Waals surface area contributed by atoms with Crippen LogP contribution in [0.4, 0.5) is 0 Å². The minimum absolute atomic E-state index is 0.120. The minimum atomic E-state index is -0.383. The molecule has 0 aromatic rings. The zero-order chi connectivity index (χ0) is 5.15. The van der Waals surface area contributed by atoms with E-state index in [9.17, 15) is 0 Å². The van der Waals surface area contributed by atoms with E-state index in [0.717, 1.165) is 0 Å². The van der Waals surface area contributed by atoms with Gasteiger partial charge in [0.15, 0.2) is 0 Å². The Morgan fingerprint density at radius 3 is 1.67 bits per heavy atom. The molecule has 1 unspecified atom stereocenters. The summed E-state index contributed by atoms with van der Waals surface area (Å²) in [4.78, 5) is 0. The van der Waals surface area contributed by atoms with Crippen LogP contribution in [0.3, 0.4) is 0 Å². The molecule has 0 amide bonds. The summed E-state index contributed by atoms with van der Waals surface area (Å²) >= 11 is 5.36. The Morgan fingerprint density at radius 1 is 1.50 bits per heavy atom. The van der Waals surface area contributed by atoms with Gasteiger partial charge in [-0.05, 0) is 13.8 Å². The zero-order valence-corrected chi connectivity index (χ0v) is 4.74. The average Bonchev–Trinajstić information content (AvgIpc) is 1.36. The first-order valence-electron chi connectivity index (χ1n) is 1.96. The summed E-state index contributed by atoms with van der Waals surface area (Å²) in [5.74, 6) is 0. The van der Waals surface area contributed by atoms with E-state index < -0.39 is 0 Å². The van der Waals surface area contributed by atoms with Crippen molar-refractivity contribution in [2.24, 2.45) is 0 Å². The van der Waals surface area contributed by atoms with Crippen LogP contribution < -0.4 is 0 Å². The maximum absolute atomic E-state index is 8.50. The smallest absolute Gasteiger partial charge is 0.0672 e. The predicted molar refractivity (Wildman–Crippen MR) is 27.0 cm³/mol. The highest BCUT2D eigenvalue weighted by Gasteiger charge is 2.00. The molecule has 0 bridgehead atoms. The first-order valence-corrected chi connectivity index (χ1v) is 2.40. The lowest BCUT2D eigenvalue weighted by Crippen LogP contribution is -2.11. The maximum atomic E-state index is 8.50. The van der Waals surface area contributed by atoms with Gasteiger partial charge in [0.1, 0.15) is 0 Å². The molecule has 0 spiro atoms. The van der Waals surface area contributed by atoms with Crippen LogP contribution in [-0.4, -0.2) is 16.6 Å². The van der Waals surface area contributed by atoms with E-state index in [1.165, 1.54) is 0 Å². The molecule has 1 N–H and O–H groups in total. The van der Waals surface area contributed by atoms with Crippen LogP contribution >= 0.6 is 11.6 Å². The molecule has 0 saturated heterocycles. The topological polar surface area (TPSA) is 20.2 Å². The first-order chi connectivity index (χ1) is 2.64. The summed E-state index contributed by atoms with van der Waals surface area (Å²) in [6.07, 6.45) is -0.383. The highest BCUT2D eigenvalue weighted by atomic mass is 35.5. The molecule has 0 aliphatic carbocycles. The molecule has 2 atom stereocenters. The van der Waals surface area contributed by atoms with Crippen LogP contribution in [0.2, 0.25) is 0 Å². The van der Waals surface area contributed by atoms with E-state index in [1.54, 1.807) is 13.8 Å². The Labute approximate surface area is 42.9 Å². The molecule has 0 rings (SSSR count). The molecule has 0 radical (unpaired) electrons. The fourth-order valence-electron chi connectivity index (χ4n) is 0. The molecule has 0 heterocycles. The Morgan fingerprint density at radius 2 is 1.67 bits per heavy atom. The predicted octanol–water partition coefficient (Wildman–Crippen LogP) is 0.994. The fourth-order valence-corrected chi connectivity index (χ4v) is 0. The third-order valence-electron chi connectivity index (χ3n) is 0.665. The van der Waals surface area contributed by atoms with Gasteiger partial charge in [-0.3, -0.25) is 0 Å². The van der Waals surface area contributed by atoms with Crippen LogP contribution in [-0.2, 0) is 0 Å². The molecule has 6 heavy (non-hydrogen) atoms. The third kappa shape index (κ3) is 2.49. The zero-order valence-electron chi connectivity index (χ0n) is 3.98. The summed E-state index contributed by atoms with van der Waals surface area (Å²) in [6.45, 7) is 3.42. The van der Waals surface area contributed by atoms with Gasteiger partial charge in [0.2, 0.25) is 0 Å². The number of hydrogen-bond donors (Lipinski definition) is 1. The van der Waals surface area contributed by atoms with Gasteiger partial charge >= 0.3 is 0 Å². The molecular weight excluding hydrogens is 99.5 g/mol. The summed E-state index contributed by atoms with van der Waals surface area (Å²) in [7, 11) is 0. The minimum Gasteiger partial charge on any atom is -0.392 e. The van der Waals surface area contributed by atoms with Crippen LogP contribution in [0.5, 0.6) is 0 Å². The van der Waals surface area contributed by atoms with Gasteiger partial charge in [-0.2, -0.15) is 0 Å². The van der Waals surface area contributed by atoms with Crippen molar-refractivity contribution in [3.05, 3.63) is 0 Å². The number of rotatable bonds is 1. The van der Waals surface area contributed by atoms with Crippen LogP contribution in [0, 0.1) is 0 Å². The van der Waals surface area contributed by atoms with Gasteiger partial charge in [-0.15, -0.1) is 11.6 Å². The monoisotopic (exact) mass is 108 g/mol. The normalized spacial score (nSPS) is 20.0. The first kappa shape index (κ1) is 6.25. The summed E-state index contributed by atoms with van der Waals surface area (Å²) < 4.78 is 0. The van der Waals surface area contributed by atoms with Crippen molar-refractivity contribution >= 4 is 11.6 Å². The van der Waals surface area contributed by atoms with Gasteiger partial charge < -0.3 is 5.11 Å². The summed E-state index contributed by atoms with van der Waals surface area (Å²) in [5, 5.41) is 8.38. The Hall–Kier alpha value is 0.250. The van der Waals surface area contributed by atoms with E-state index in [4.69, 9.17) is 16.7 Å². The van der Waals surface area contributed by atoms with Gasteiger partial charge in [-0.25, -0.2) is 0 Å². The molecule has 0 aromatic heterocycles. The average molecular weight is 109 g/mol. The Bertz CT molecular complexity index is 28.5. The lowest BCUT2D eigenvalue weighted by molar-refractivity contribution is 0.194. The number of aliphatic hydroxyl groups is 1. The third-order valence-corrected chi connectivity index (χ3v) is 1.03. The number of aliphatic hydroxyl groups excluding tert-OH is 1. The van der Waals surface area contributed by atoms with E-state index in [1.807, 2.05) is 0 Å². The van der Waals surface area contributed by atoms with Crippen molar-refractivity contribution in [3.8, 4) is 0 Å². The van der Waals surface area contributed by atoms with Crippen LogP contribution in [0.1, 0.15) is 13.8 Å². The standard InChI is InChI=1S/C4H9ClO/c1-3(5)4(2)6/h3-4,6H,1-2H3/t3?,4-/m0/s1. The Balaban J connectivity index is 2.99. The highest BCUT2D eigenvalue weighted by Crippen LogP contribution is 1.97. The lowest BCUT2D eigenvalue weighted by atomic mass is 10.3. The molecule has 0 aliphatic rings. The number of halogens is 1. The van der Waals surface area contributed by atoms with Crippen LogP contribution in [0.25, 0.3) is 0 Å². The number of alkyl halides is 1. The van der Waals surface area contributed by atoms with Crippen molar-refractivity contribution in [2.45, 2.75) is 25.3 Å². The molecule has 2 heteroatoms. The van der Waals surface area contributed by atoms with Crippen LogP contribution in [0.15, 0.2) is 0 Å². The number of hydrogen-bond acceptors (Lipinski definition) is 1. The lowest BCUT2D eigenvalue weighted by Gasteiger charge is -2.02. The molecule has 0 fully saturated rings. The quantitative estimate of drug-likeness (QED) is 0.497. The molecule has 1 nitrogen and oxygen atoms in total. The van der Waals surface area contributed by atoms with Gasteiger partial charge in [-0.1, -0.05) is 0 Å². The van der Waals surface area contributed by atoms with E-state index >= 15 is 0 Å². The van der Waals surface area contributed by atoms with Gasteiger partial charge in [0.25, 0.3) is 0 Å². The van der Waals surface area contributed by atoms with Gasteiger partial charge in [0, 0.05) is 0 Å². The van der Waals surface area contributed by atoms with Crippen molar-refractivity contribution in [2.75, 3.05) is 0 Å². The highest BCUT2D eigenvalue weighted by molar-refractivity contribution is 6.20. The fraction of sp³-hybridized carbons (Fsp3) is 1.00. The SMILES string of the molecule is CC(Cl)[C@H](C)O. The van der Waals surface area contributed by atoms with Crippen molar-refractivity contribution in [3.63, 3.8) is 0 Å². The molecular formula is C4H9ClO. The summed E-state index contributed by atoms with van der Waals surface area (Å²) in [5.41, 5.74) is 0. The van der Waals surface area contributed by atoms with Crippen molar-refractivity contribution in [1.29, 1.82) is 0 Å². The molecule has 0 saturated carbocycles. The van der Waals surface area contributed by atoms with E-state index in [2.05, 4.69) is 0 Å². The van der Waals surface area contributed by atoms with Crippen molar-refractivity contribution in [1.82, 2.24) is 0 Å². The molecule has 0 aromatic carbocycles. The van der Waals surface area contributed by atoms with Gasteiger partial charge in [0.05, 0.1) is 11.5 Å². The van der Waals surface area contributed by atoms with Crippen molar-refractivity contribution < 1.29 is 5.11 Å². The largest absolute Gasteiger partial charge is 0.392 e. The maximum Gasteiger partial charge on any atom is 0.0672 e. The second kappa shape index (κ2) is 2.43. The van der Waals surface area contributed by atoms with E-state index in [-0.39, 0.29) is 11.5 Å². The Kier molecular flexibility index (Phi) is 2.53. The molecule has 0 aliphatic heterocycles. The second-order valence-corrected chi connectivity index (χ2v) is 2.11. The molecule has 38 valence electrons. The summed E-state index contributed by atoms with van der Waals surface area (Å²) in [6, 6.07) is 0.